The van der Waals surface area contributed by atoms with Crippen LogP contribution in [0.15, 0.2) is 4.79 Å². The Hall–Kier alpha value is -1.19. The number of H-pyrrole nitrogens is 1. The SMILES string of the molecule is Cc1c(O)[nH]c(=O)n1C. The maximum absolute atomic E-state index is 10.6. The van der Waals surface area contributed by atoms with Crippen LogP contribution in [0.1, 0.15) is 5.69 Å². The third-order valence-electron chi connectivity index (χ3n) is 1.38. The fraction of sp³-hybridized carbons (Fsp3) is 0.400. The van der Waals surface area contributed by atoms with Crippen molar-refractivity contribution in [2.24, 2.45) is 7.05 Å². The van der Waals surface area contributed by atoms with E-state index in [4.69, 9.17) is 5.11 Å². The molecule has 0 aliphatic carbocycles. The molecule has 0 unspecified atom stereocenters. The molecule has 0 radical (unpaired) electrons. The number of nitrogens with one attached hydrogen (secondary N) is 1. The molecule has 0 atom stereocenters. The molecule has 0 amide bonds. The predicted octanol–water partition coefficient (Wildman–Crippen LogP) is -0.273. The van der Waals surface area contributed by atoms with E-state index in [0.29, 0.717) is 5.69 Å². The van der Waals surface area contributed by atoms with Gasteiger partial charge in [0.2, 0.25) is 5.88 Å². The number of nitrogens with zero attached hydrogens (tertiary/aromatic N) is 1. The van der Waals surface area contributed by atoms with Crippen molar-refractivity contribution in [3.63, 3.8) is 0 Å². The zero-order valence-corrected chi connectivity index (χ0v) is 5.30. The summed E-state index contributed by atoms with van der Waals surface area (Å²) in [5, 5.41) is 8.84. The number of aromatic nitrogens is 2. The fourth-order valence-corrected chi connectivity index (χ4v) is 0.587. The van der Waals surface area contributed by atoms with Gasteiger partial charge < -0.3 is 5.11 Å². The van der Waals surface area contributed by atoms with E-state index in [1.807, 2.05) is 0 Å². The molecule has 0 saturated heterocycles. The third kappa shape index (κ3) is 0.718. The quantitative estimate of drug-likeness (QED) is 0.505. The number of aromatic amines is 1. The first-order chi connectivity index (χ1) is 4.13. The summed E-state index contributed by atoms with van der Waals surface area (Å²) in [5.41, 5.74) is 0.269. The Morgan fingerprint density at radius 3 is 2.33 bits per heavy atom. The fourth-order valence-electron chi connectivity index (χ4n) is 0.587. The van der Waals surface area contributed by atoms with Gasteiger partial charge in [-0.15, -0.1) is 0 Å². The van der Waals surface area contributed by atoms with E-state index in [2.05, 4.69) is 4.98 Å². The highest BCUT2D eigenvalue weighted by molar-refractivity contribution is 5.14. The summed E-state index contributed by atoms with van der Waals surface area (Å²) >= 11 is 0. The van der Waals surface area contributed by atoms with Crippen molar-refractivity contribution in [1.29, 1.82) is 0 Å². The van der Waals surface area contributed by atoms with Crippen LogP contribution in [0.4, 0.5) is 0 Å². The second-order valence-corrected chi connectivity index (χ2v) is 1.92. The number of imidazole rings is 1. The molecule has 0 aromatic carbocycles. The number of aromatic hydroxyl groups is 1. The number of hydrogen-bond acceptors (Lipinski definition) is 2. The Morgan fingerprint density at radius 1 is 1.67 bits per heavy atom. The average molecular weight is 128 g/mol. The first-order valence-corrected chi connectivity index (χ1v) is 2.57. The smallest absolute Gasteiger partial charge is 0.328 e. The van der Waals surface area contributed by atoms with Crippen LogP contribution in [0.2, 0.25) is 0 Å². The average Bonchev–Trinajstić information content (AvgIpc) is 1.98. The van der Waals surface area contributed by atoms with Crippen molar-refractivity contribution in [1.82, 2.24) is 9.55 Å². The topological polar surface area (TPSA) is 58.0 Å². The van der Waals surface area contributed by atoms with Crippen LogP contribution in [-0.2, 0) is 7.05 Å². The Labute approximate surface area is 51.8 Å². The molecule has 1 heterocycles. The molecule has 1 aromatic rings. The number of rotatable bonds is 0. The minimum atomic E-state index is -0.287. The van der Waals surface area contributed by atoms with Crippen LogP contribution < -0.4 is 5.69 Å². The zero-order valence-electron chi connectivity index (χ0n) is 5.30. The molecule has 1 aromatic heterocycles. The van der Waals surface area contributed by atoms with Gasteiger partial charge in [0.25, 0.3) is 0 Å². The summed E-state index contributed by atoms with van der Waals surface area (Å²) in [4.78, 5) is 12.8. The molecule has 0 aliphatic rings. The first kappa shape index (κ1) is 5.94. The molecule has 0 bridgehead atoms. The molecule has 4 heteroatoms. The van der Waals surface area contributed by atoms with Crippen LogP contribution >= 0.6 is 0 Å². The van der Waals surface area contributed by atoms with Gasteiger partial charge in [-0.3, -0.25) is 9.55 Å². The second-order valence-electron chi connectivity index (χ2n) is 1.92. The Kier molecular flexibility index (Phi) is 1.09. The highest BCUT2D eigenvalue weighted by Gasteiger charge is 2.02. The van der Waals surface area contributed by atoms with Gasteiger partial charge >= 0.3 is 5.69 Å². The van der Waals surface area contributed by atoms with Crippen LogP contribution in [0.25, 0.3) is 0 Å². The lowest BCUT2D eigenvalue weighted by atomic mass is 10.5. The third-order valence-corrected chi connectivity index (χ3v) is 1.38. The molecule has 0 aliphatic heterocycles. The normalized spacial score (nSPS) is 10.0. The van der Waals surface area contributed by atoms with Crippen LogP contribution in [-0.4, -0.2) is 14.7 Å². The second kappa shape index (κ2) is 1.65. The lowest BCUT2D eigenvalue weighted by Crippen LogP contribution is -2.12. The molecule has 1 rings (SSSR count). The largest absolute Gasteiger partial charge is 0.493 e. The standard InChI is InChI=1S/C5H8N2O2/c1-3-4(8)6-5(9)7(3)2/h8H,1-2H3,(H,6,9). The molecular weight excluding hydrogens is 120 g/mol. The van der Waals surface area contributed by atoms with E-state index in [1.165, 1.54) is 4.57 Å². The summed E-state index contributed by atoms with van der Waals surface area (Å²) in [7, 11) is 1.59. The zero-order chi connectivity index (χ0) is 7.02. The number of hydrogen-bond donors (Lipinski definition) is 2. The van der Waals surface area contributed by atoms with Crippen molar-refractivity contribution in [2.45, 2.75) is 6.92 Å². The predicted molar refractivity (Wildman–Crippen MR) is 32.4 cm³/mol. The Balaban J connectivity index is 3.47. The van der Waals surface area contributed by atoms with Gasteiger partial charge in [0.15, 0.2) is 0 Å². The summed E-state index contributed by atoms with van der Waals surface area (Å²) in [6.07, 6.45) is 0. The van der Waals surface area contributed by atoms with Gasteiger partial charge in [-0.25, -0.2) is 4.79 Å². The summed E-state index contributed by atoms with van der Waals surface area (Å²) in [6, 6.07) is 0. The monoisotopic (exact) mass is 128 g/mol. The minimum Gasteiger partial charge on any atom is -0.493 e. The molecule has 0 saturated carbocycles. The van der Waals surface area contributed by atoms with E-state index in [0.717, 1.165) is 0 Å². The van der Waals surface area contributed by atoms with Gasteiger partial charge in [0.1, 0.15) is 0 Å². The van der Waals surface area contributed by atoms with E-state index in [1.54, 1.807) is 14.0 Å². The summed E-state index contributed by atoms with van der Waals surface area (Å²) in [6.45, 7) is 1.66. The van der Waals surface area contributed by atoms with Gasteiger partial charge in [0, 0.05) is 7.05 Å². The molecule has 4 nitrogen and oxygen atoms in total. The van der Waals surface area contributed by atoms with Gasteiger partial charge in [-0.1, -0.05) is 0 Å². The highest BCUT2D eigenvalue weighted by atomic mass is 16.3. The Morgan fingerprint density at radius 2 is 2.22 bits per heavy atom. The maximum Gasteiger partial charge on any atom is 0.328 e. The molecule has 0 spiro atoms. The van der Waals surface area contributed by atoms with Crippen molar-refractivity contribution in [2.75, 3.05) is 0 Å². The molecular formula is C5H8N2O2. The van der Waals surface area contributed by atoms with E-state index >= 15 is 0 Å². The minimum absolute atomic E-state index is 0.0532. The lowest BCUT2D eigenvalue weighted by molar-refractivity contribution is 0.450. The van der Waals surface area contributed by atoms with E-state index in [-0.39, 0.29) is 11.6 Å². The molecule has 50 valence electrons. The van der Waals surface area contributed by atoms with Crippen LogP contribution in [0.5, 0.6) is 5.88 Å². The Bertz CT molecular complexity index is 271. The summed E-state index contributed by atoms with van der Waals surface area (Å²) in [5.74, 6) is -0.0532. The maximum atomic E-state index is 10.6. The first-order valence-electron chi connectivity index (χ1n) is 2.57. The molecule has 9 heavy (non-hydrogen) atoms. The van der Waals surface area contributed by atoms with Crippen molar-refractivity contribution in [3.05, 3.63) is 16.2 Å². The summed E-state index contributed by atoms with van der Waals surface area (Å²) < 4.78 is 1.34. The molecule has 2 N–H and O–H groups in total. The van der Waals surface area contributed by atoms with E-state index < -0.39 is 0 Å². The van der Waals surface area contributed by atoms with Crippen molar-refractivity contribution >= 4 is 0 Å². The highest BCUT2D eigenvalue weighted by Crippen LogP contribution is 2.05. The van der Waals surface area contributed by atoms with Crippen molar-refractivity contribution < 1.29 is 5.11 Å². The van der Waals surface area contributed by atoms with Gasteiger partial charge in [-0.05, 0) is 6.92 Å². The molecule has 0 fully saturated rings. The van der Waals surface area contributed by atoms with Crippen LogP contribution in [0.3, 0.4) is 0 Å². The van der Waals surface area contributed by atoms with Crippen molar-refractivity contribution in [3.8, 4) is 5.88 Å². The van der Waals surface area contributed by atoms with Gasteiger partial charge in [0.05, 0.1) is 5.69 Å². The van der Waals surface area contributed by atoms with Crippen LogP contribution in [0, 0.1) is 6.92 Å². The van der Waals surface area contributed by atoms with E-state index in [9.17, 15) is 4.79 Å². The van der Waals surface area contributed by atoms with Gasteiger partial charge in [-0.2, -0.15) is 0 Å². The lowest BCUT2D eigenvalue weighted by Gasteiger charge is -1.88.